The molecule has 0 saturated carbocycles. The van der Waals surface area contributed by atoms with Crippen molar-refractivity contribution in [3.63, 3.8) is 0 Å². The fraction of sp³-hybridized carbons (Fsp3) is 0.955. The molecule has 0 rings (SSSR count). The third-order valence-electron chi connectivity index (χ3n) is 4.70. The average molecular weight is 453 g/mol. The van der Waals surface area contributed by atoms with Crippen LogP contribution in [-0.4, -0.2) is 101 Å². The zero-order valence-electron chi connectivity index (χ0n) is 20.1. The molecule has 0 aliphatic rings. The fourth-order valence-electron chi connectivity index (χ4n) is 2.93. The first kappa shape index (κ1) is 30.0. The molecule has 0 fully saturated rings. The van der Waals surface area contributed by atoms with Crippen LogP contribution in [0.1, 0.15) is 26.2 Å². The van der Waals surface area contributed by atoms with Crippen molar-refractivity contribution >= 4 is 6.16 Å². The molecule has 3 unspecified atom stereocenters. The Kier molecular flexibility index (Phi) is 21.5. The number of hydrogen-bond donors (Lipinski definition) is 0. The molecule has 0 aromatic rings. The lowest BCUT2D eigenvalue weighted by atomic mass is 10.1. The maximum atomic E-state index is 11.6. The van der Waals surface area contributed by atoms with Crippen molar-refractivity contribution in [1.82, 2.24) is 0 Å². The van der Waals surface area contributed by atoms with Crippen LogP contribution in [0.3, 0.4) is 0 Å². The molecule has 0 saturated heterocycles. The van der Waals surface area contributed by atoms with Gasteiger partial charge in [0.25, 0.3) is 0 Å². The number of rotatable bonds is 22. The van der Waals surface area contributed by atoms with Crippen molar-refractivity contribution < 1.29 is 42.7 Å². The van der Waals surface area contributed by atoms with Crippen molar-refractivity contribution in [3.05, 3.63) is 0 Å². The maximum absolute atomic E-state index is 11.6. The summed E-state index contributed by atoms with van der Waals surface area (Å²) in [5.74, 6) is 0.546. The monoisotopic (exact) mass is 452 g/mol. The summed E-state index contributed by atoms with van der Waals surface area (Å²) in [6.07, 6.45) is 1.78. The molecule has 0 heterocycles. The molecule has 9 heteroatoms. The van der Waals surface area contributed by atoms with Gasteiger partial charge in [-0.1, -0.05) is 0 Å². The van der Waals surface area contributed by atoms with Crippen LogP contribution >= 0.6 is 0 Å². The summed E-state index contributed by atoms with van der Waals surface area (Å²) in [6.45, 7) is 6.97. The Morgan fingerprint density at radius 2 is 1.06 bits per heavy atom. The molecule has 0 amide bonds. The Morgan fingerprint density at radius 3 is 1.55 bits per heavy atom. The van der Waals surface area contributed by atoms with E-state index in [4.69, 9.17) is 37.9 Å². The number of ether oxygens (including phenoxy) is 8. The molecule has 0 aliphatic carbocycles. The second kappa shape index (κ2) is 22.2. The third-order valence-corrected chi connectivity index (χ3v) is 4.70. The molecular formula is C22H44O9. The Hall–Kier alpha value is -0.970. The Balaban J connectivity index is 4.45. The van der Waals surface area contributed by atoms with Crippen molar-refractivity contribution in [2.24, 2.45) is 17.8 Å². The van der Waals surface area contributed by atoms with Crippen molar-refractivity contribution in [3.8, 4) is 0 Å². The molecule has 0 aromatic carbocycles. The van der Waals surface area contributed by atoms with Gasteiger partial charge in [0, 0.05) is 66.0 Å². The zero-order valence-corrected chi connectivity index (χ0v) is 20.1. The highest BCUT2D eigenvalue weighted by Crippen LogP contribution is 2.11. The smallest absolute Gasteiger partial charge is 0.435 e. The molecule has 186 valence electrons. The van der Waals surface area contributed by atoms with Gasteiger partial charge < -0.3 is 37.9 Å². The van der Waals surface area contributed by atoms with Crippen molar-refractivity contribution in [2.75, 3.05) is 94.5 Å². The summed E-state index contributed by atoms with van der Waals surface area (Å²) in [5, 5.41) is 0. The highest BCUT2D eigenvalue weighted by Gasteiger charge is 2.16. The van der Waals surface area contributed by atoms with Gasteiger partial charge in [0.15, 0.2) is 0 Å². The molecule has 3 atom stereocenters. The first-order valence-electron chi connectivity index (χ1n) is 11.0. The quantitative estimate of drug-likeness (QED) is 0.182. The summed E-state index contributed by atoms with van der Waals surface area (Å²) in [5.41, 5.74) is 0. The van der Waals surface area contributed by atoms with Crippen LogP contribution in [0.25, 0.3) is 0 Å². The molecular weight excluding hydrogens is 408 g/mol. The maximum Gasteiger partial charge on any atom is 0.508 e. The third kappa shape index (κ3) is 18.3. The fourth-order valence-corrected chi connectivity index (χ4v) is 2.93. The Bertz CT molecular complexity index is 395. The molecule has 31 heavy (non-hydrogen) atoms. The van der Waals surface area contributed by atoms with Crippen LogP contribution in [0.4, 0.5) is 4.79 Å². The van der Waals surface area contributed by atoms with E-state index in [1.807, 2.05) is 0 Å². The van der Waals surface area contributed by atoms with E-state index in [0.717, 1.165) is 12.8 Å². The molecule has 0 spiro atoms. The summed E-state index contributed by atoms with van der Waals surface area (Å²) >= 11 is 0. The summed E-state index contributed by atoms with van der Waals surface area (Å²) in [6, 6.07) is 0. The van der Waals surface area contributed by atoms with E-state index in [2.05, 4.69) is 0 Å². The number of methoxy groups -OCH3 is 4. The topological polar surface area (TPSA) is 90.9 Å². The molecule has 0 aliphatic heterocycles. The van der Waals surface area contributed by atoms with E-state index in [-0.39, 0.29) is 31.0 Å². The van der Waals surface area contributed by atoms with E-state index >= 15 is 0 Å². The minimum atomic E-state index is -0.662. The molecule has 0 bridgehead atoms. The molecule has 0 N–H and O–H groups in total. The lowest BCUT2D eigenvalue weighted by Crippen LogP contribution is -2.25. The summed E-state index contributed by atoms with van der Waals surface area (Å²) in [4.78, 5) is 11.6. The Labute approximate surface area is 187 Å². The van der Waals surface area contributed by atoms with Crippen LogP contribution in [0, 0.1) is 17.8 Å². The van der Waals surface area contributed by atoms with Gasteiger partial charge >= 0.3 is 6.16 Å². The molecule has 9 nitrogen and oxygen atoms in total. The number of hydrogen-bond acceptors (Lipinski definition) is 9. The van der Waals surface area contributed by atoms with E-state index in [9.17, 15) is 4.79 Å². The van der Waals surface area contributed by atoms with Crippen LogP contribution < -0.4 is 0 Å². The second-order valence-electron chi connectivity index (χ2n) is 7.47. The van der Waals surface area contributed by atoms with Gasteiger partial charge in [0.1, 0.15) is 6.61 Å². The standard InChI is InChI=1S/C22H44O9/c1-6-30-22(23)31-18-21(17-29-16-20(14-27-5)8-11-25-3)9-12-28-15-19(13-26-4)7-10-24-2/h19-21H,6-18H2,1-5H3. The lowest BCUT2D eigenvalue weighted by Gasteiger charge is -2.21. The predicted molar refractivity (Wildman–Crippen MR) is 116 cm³/mol. The minimum Gasteiger partial charge on any atom is -0.435 e. The van der Waals surface area contributed by atoms with Gasteiger partial charge in [0.05, 0.1) is 39.6 Å². The highest BCUT2D eigenvalue weighted by atomic mass is 16.7. The van der Waals surface area contributed by atoms with Crippen LogP contribution in [0.2, 0.25) is 0 Å². The largest absolute Gasteiger partial charge is 0.508 e. The van der Waals surface area contributed by atoms with E-state index in [0.29, 0.717) is 59.3 Å². The summed E-state index contributed by atoms with van der Waals surface area (Å²) in [7, 11) is 6.73. The van der Waals surface area contributed by atoms with Crippen molar-refractivity contribution in [1.29, 1.82) is 0 Å². The first-order chi connectivity index (χ1) is 15.1. The van der Waals surface area contributed by atoms with E-state index in [1.54, 1.807) is 35.4 Å². The SMILES string of the molecule is CCOC(=O)OCC(CCOCC(CCOC)COC)COCC(CCOC)COC. The van der Waals surface area contributed by atoms with E-state index < -0.39 is 6.16 Å². The van der Waals surface area contributed by atoms with Crippen LogP contribution in [-0.2, 0) is 37.9 Å². The summed E-state index contributed by atoms with van der Waals surface area (Å²) < 4.78 is 42.6. The first-order valence-corrected chi connectivity index (χ1v) is 11.0. The minimum absolute atomic E-state index is 0.00914. The van der Waals surface area contributed by atoms with Crippen molar-refractivity contribution in [2.45, 2.75) is 26.2 Å². The second-order valence-corrected chi connectivity index (χ2v) is 7.47. The van der Waals surface area contributed by atoms with E-state index in [1.165, 1.54) is 0 Å². The predicted octanol–water partition coefficient (Wildman–Crippen LogP) is 2.80. The number of carbonyl (C=O) groups excluding carboxylic acids is 1. The normalized spacial score (nSPS) is 14.2. The average Bonchev–Trinajstić information content (AvgIpc) is 2.76. The highest BCUT2D eigenvalue weighted by molar-refractivity contribution is 5.59. The Morgan fingerprint density at radius 1 is 0.581 bits per heavy atom. The lowest BCUT2D eigenvalue weighted by molar-refractivity contribution is -0.00946. The molecule has 0 aromatic heterocycles. The van der Waals surface area contributed by atoms with Crippen LogP contribution in [0.15, 0.2) is 0 Å². The van der Waals surface area contributed by atoms with Gasteiger partial charge in [0.2, 0.25) is 0 Å². The van der Waals surface area contributed by atoms with Gasteiger partial charge in [-0.2, -0.15) is 0 Å². The van der Waals surface area contributed by atoms with Gasteiger partial charge in [-0.25, -0.2) is 4.79 Å². The van der Waals surface area contributed by atoms with Gasteiger partial charge in [-0.15, -0.1) is 0 Å². The molecule has 0 radical (unpaired) electrons. The number of carbonyl (C=O) groups is 1. The van der Waals surface area contributed by atoms with Crippen LogP contribution in [0.5, 0.6) is 0 Å². The van der Waals surface area contributed by atoms with Gasteiger partial charge in [-0.3, -0.25) is 0 Å². The van der Waals surface area contributed by atoms with Gasteiger partial charge in [-0.05, 0) is 26.2 Å². The zero-order chi connectivity index (χ0) is 23.2.